The number of rotatable bonds is 8. The summed E-state index contributed by atoms with van der Waals surface area (Å²) in [5, 5.41) is 6.75. The van der Waals surface area contributed by atoms with Crippen molar-refractivity contribution in [2.75, 3.05) is 17.2 Å². The topological polar surface area (TPSA) is 75.6 Å². The molecule has 0 fully saturated rings. The number of pyridine rings is 2. The van der Waals surface area contributed by atoms with E-state index in [1.807, 2.05) is 48.8 Å². The Morgan fingerprint density at radius 1 is 1.00 bits per heavy atom. The SMILES string of the molecule is CC[C@H](C)Nc1nc(NCCc2ccncc2)cc(-c2ccccn2)n1. The summed E-state index contributed by atoms with van der Waals surface area (Å²) >= 11 is 0. The lowest BCUT2D eigenvalue weighted by Gasteiger charge is -2.14. The summed E-state index contributed by atoms with van der Waals surface area (Å²) < 4.78 is 0. The second-order valence-corrected chi connectivity index (χ2v) is 6.16. The molecule has 0 aromatic carbocycles. The molecule has 6 heteroatoms. The first-order valence-electron chi connectivity index (χ1n) is 8.94. The van der Waals surface area contributed by atoms with E-state index in [4.69, 9.17) is 0 Å². The fourth-order valence-electron chi connectivity index (χ4n) is 2.45. The third-order valence-electron chi connectivity index (χ3n) is 4.11. The highest BCUT2D eigenvalue weighted by Crippen LogP contribution is 2.20. The molecule has 0 amide bonds. The lowest BCUT2D eigenvalue weighted by Crippen LogP contribution is -2.17. The molecule has 6 nitrogen and oxygen atoms in total. The van der Waals surface area contributed by atoms with Crippen LogP contribution in [0.4, 0.5) is 11.8 Å². The van der Waals surface area contributed by atoms with Gasteiger partial charge in [0.25, 0.3) is 0 Å². The molecule has 26 heavy (non-hydrogen) atoms. The molecule has 0 unspecified atom stereocenters. The van der Waals surface area contributed by atoms with E-state index in [0.29, 0.717) is 12.0 Å². The molecule has 0 aliphatic rings. The molecule has 3 aromatic heterocycles. The Bertz CT molecular complexity index is 807. The Morgan fingerprint density at radius 2 is 1.85 bits per heavy atom. The van der Waals surface area contributed by atoms with Gasteiger partial charge in [-0.3, -0.25) is 9.97 Å². The van der Waals surface area contributed by atoms with Crippen LogP contribution >= 0.6 is 0 Å². The van der Waals surface area contributed by atoms with E-state index >= 15 is 0 Å². The molecule has 3 aromatic rings. The van der Waals surface area contributed by atoms with Gasteiger partial charge in [0.05, 0.1) is 11.4 Å². The molecule has 0 aliphatic heterocycles. The fraction of sp³-hybridized carbons (Fsp3) is 0.300. The summed E-state index contributed by atoms with van der Waals surface area (Å²) in [6.45, 7) is 5.03. The van der Waals surface area contributed by atoms with Gasteiger partial charge in [0.15, 0.2) is 0 Å². The van der Waals surface area contributed by atoms with Crippen molar-refractivity contribution in [3.8, 4) is 11.4 Å². The first-order chi connectivity index (χ1) is 12.7. The second-order valence-electron chi connectivity index (χ2n) is 6.16. The van der Waals surface area contributed by atoms with Crippen LogP contribution in [0.2, 0.25) is 0 Å². The van der Waals surface area contributed by atoms with Crippen LogP contribution in [0.1, 0.15) is 25.8 Å². The van der Waals surface area contributed by atoms with Crippen LogP contribution in [0, 0.1) is 0 Å². The maximum atomic E-state index is 4.62. The van der Waals surface area contributed by atoms with E-state index in [-0.39, 0.29) is 0 Å². The minimum Gasteiger partial charge on any atom is -0.370 e. The zero-order valence-electron chi connectivity index (χ0n) is 15.2. The van der Waals surface area contributed by atoms with Crippen LogP contribution in [0.15, 0.2) is 55.0 Å². The van der Waals surface area contributed by atoms with Crippen LogP contribution in [-0.4, -0.2) is 32.5 Å². The maximum absolute atomic E-state index is 4.62. The van der Waals surface area contributed by atoms with Crippen molar-refractivity contribution >= 4 is 11.8 Å². The predicted molar refractivity (Wildman–Crippen MR) is 105 cm³/mol. The number of hydrogen-bond donors (Lipinski definition) is 2. The molecule has 134 valence electrons. The number of hydrogen-bond acceptors (Lipinski definition) is 6. The summed E-state index contributed by atoms with van der Waals surface area (Å²) in [6, 6.07) is 12.1. The summed E-state index contributed by atoms with van der Waals surface area (Å²) in [5.41, 5.74) is 2.88. The van der Waals surface area contributed by atoms with Gasteiger partial charge in [-0.1, -0.05) is 13.0 Å². The molecular formula is C20H24N6. The summed E-state index contributed by atoms with van der Waals surface area (Å²) in [7, 11) is 0. The highest BCUT2D eigenvalue weighted by molar-refractivity contribution is 5.61. The third kappa shape index (κ3) is 4.99. The molecule has 2 N–H and O–H groups in total. The van der Waals surface area contributed by atoms with Gasteiger partial charge in [-0.15, -0.1) is 0 Å². The summed E-state index contributed by atoms with van der Waals surface area (Å²) in [5.74, 6) is 1.41. The largest absolute Gasteiger partial charge is 0.370 e. The molecule has 3 heterocycles. The van der Waals surface area contributed by atoms with E-state index in [2.05, 4.69) is 44.4 Å². The Labute approximate surface area is 154 Å². The molecule has 0 radical (unpaired) electrons. The Balaban J connectivity index is 1.77. The van der Waals surface area contributed by atoms with Gasteiger partial charge in [-0.2, -0.15) is 4.98 Å². The smallest absolute Gasteiger partial charge is 0.225 e. The molecular weight excluding hydrogens is 324 g/mol. The van der Waals surface area contributed by atoms with E-state index < -0.39 is 0 Å². The minimum absolute atomic E-state index is 0.304. The monoisotopic (exact) mass is 348 g/mol. The van der Waals surface area contributed by atoms with Crippen molar-refractivity contribution in [2.45, 2.75) is 32.7 Å². The lowest BCUT2D eigenvalue weighted by atomic mass is 10.2. The van der Waals surface area contributed by atoms with Crippen molar-refractivity contribution in [3.63, 3.8) is 0 Å². The highest BCUT2D eigenvalue weighted by Gasteiger charge is 2.09. The third-order valence-corrected chi connectivity index (χ3v) is 4.11. The molecule has 3 rings (SSSR count). The zero-order valence-corrected chi connectivity index (χ0v) is 15.2. The predicted octanol–water partition coefficient (Wildman–Crippen LogP) is 3.80. The summed E-state index contributed by atoms with van der Waals surface area (Å²) in [6.07, 6.45) is 7.30. The second kappa shape index (κ2) is 8.89. The van der Waals surface area contributed by atoms with Gasteiger partial charge < -0.3 is 10.6 Å². The molecule has 0 spiro atoms. The molecule has 0 aliphatic carbocycles. The van der Waals surface area contributed by atoms with Crippen LogP contribution < -0.4 is 10.6 Å². The van der Waals surface area contributed by atoms with Crippen LogP contribution in [0.25, 0.3) is 11.4 Å². The van der Waals surface area contributed by atoms with E-state index in [9.17, 15) is 0 Å². The highest BCUT2D eigenvalue weighted by atomic mass is 15.2. The molecule has 1 atom stereocenters. The zero-order chi connectivity index (χ0) is 18.2. The van der Waals surface area contributed by atoms with E-state index in [0.717, 1.165) is 36.6 Å². The van der Waals surface area contributed by atoms with Gasteiger partial charge >= 0.3 is 0 Å². The van der Waals surface area contributed by atoms with Gasteiger partial charge in [0.1, 0.15) is 5.82 Å². The quantitative estimate of drug-likeness (QED) is 0.645. The van der Waals surface area contributed by atoms with Crippen molar-refractivity contribution in [1.82, 2.24) is 19.9 Å². The molecule has 0 bridgehead atoms. The average molecular weight is 348 g/mol. The number of aromatic nitrogens is 4. The number of nitrogens with zero attached hydrogens (tertiary/aromatic N) is 4. The maximum Gasteiger partial charge on any atom is 0.225 e. The van der Waals surface area contributed by atoms with Crippen molar-refractivity contribution < 1.29 is 0 Å². The standard InChI is InChI=1S/C20H24N6/c1-3-15(2)24-20-25-18(17-6-4-5-10-22-17)14-19(26-20)23-13-9-16-7-11-21-12-8-16/h4-8,10-12,14-15H,3,9,13H2,1-2H3,(H2,23,24,25,26)/t15-/m0/s1. The van der Waals surface area contributed by atoms with Crippen LogP contribution in [0.5, 0.6) is 0 Å². The fourth-order valence-corrected chi connectivity index (χ4v) is 2.45. The lowest BCUT2D eigenvalue weighted by molar-refractivity contribution is 0.753. The van der Waals surface area contributed by atoms with Gasteiger partial charge in [-0.05, 0) is 49.6 Å². The van der Waals surface area contributed by atoms with Gasteiger partial charge in [0, 0.05) is 37.2 Å². The normalized spacial score (nSPS) is 11.8. The number of nitrogens with one attached hydrogen (secondary N) is 2. The molecule has 0 saturated heterocycles. The van der Waals surface area contributed by atoms with Crippen molar-refractivity contribution in [1.29, 1.82) is 0 Å². The van der Waals surface area contributed by atoms with E-state index in [1.165, 1.54) is 5.56 Å². The average Bonchev–Trinajstić information content (AvgIpc) is 2.69. The Kier molecular flexibility index (Phi) is 6.09. The van der Waals surface area contributed by atoms with Crippen LogP contribution in [0.3, 0.4) is 0 Å². The summed E-state index contributed by atoms with van der Waals surface area (Å²) in [4.78, 5) is 17.7. The van der Waals surface area contributed by atoms with Gasteiger partial charge in [-0.25, -0.2) is 4.98 Å². The first kappa shape index (κ1) is 17.8. The van der Waals surface area contributed by atoms with Crippen LogP contribution in [-0.2, 0) is 6.42 Å². The molecule has 0 saturated carbocycles. The van der Waals surface area contributed by atoms with Gasteiger partial charge in [0.2, 0.25) is 5.95 Å². The van der Waals surface area contributed by atoms with Crippen molar-refractivity contribution in [3.05, 3.63) is 60.6 Å². The Hall–Kier alpha value is -3.02. The van der Waals surface area contributed by atoms with Crippen molar-refractivity contribution in [2.24, 2.45) is 0 Å². The Morgan fingerprint density at radius 3 is 2.58 bits per heavy atom. The first-order valence-corrected chi connectivity index (χ1v) is 8.94. The van der Waals surface area contributed by atoms with E-state index in [1.54, 1.807) is 6.20 Å². The minimum atomic E-state index is 0.304. The number of anilines is 2.